The van der Waals surface area contributed by atoms with E-state index in [2.05, 4.69) is 9.71 Å². The normalized spacial score (nSPS) is 16.4. The lowest BCUT2D eigenvalue weighted by atomic mass is 10.1. The van der Waals surface area contributed by atoms with Gasteiger partial charge in [-0.3, -0.25) is 4.79 Å². The van der Waals surface area contributed by atoms with Crippen LogP contribution in [0.2, 0.25) is 0 Å². The molecule has 1 aliphatic rings. The summed E-state index contributed by atoms with van der Waals surface area (Å²) in [6.45, 7) is 2.27. The third kappa shape index (κ3) is 4.76. The Hall–Kier alpha value is -2.98. The van der Waals surface area contributed by atoms with Crippen LogP contribution in [0.3, 0.4) is 0 Å². The van der Waals surface area contributed by atoms with Gasteiger partial charge in [-0.15, -0.1) is 0 Å². The summed E-state index contributed by atoms with van der Waals surface area (Å²) in [4.78, 5) is 17.4. The minimum atomic E-state index is -3.71. The number of hydrogen-bond acceptors (Lipinski definition) is 7. The highest BCUT2D eigenvalue weighted by atomic mass is 32.2. The molecule has 168 valence electrons. The number of allylic oxidation sites excluding steroid dienone is 1. The van der Waals surface area contributed by atoms with Crippen molar-refractivity contribution in [2.45, 2.75) is 25.3 Å². The second-order valence-electron chi connectivity index (χ2n) is 7.45. The molecule has 0 radical (unpaired) electrons. The first-order valence-corrected chi connectivity index (χ1v) is 12.6. The summed E-state index contributed by atoms with van der Waals surface area (Å²) in [7, 11) is -2.12. The van der Waals surface area contributed by atoms with E-state index in [1.54, 1.807) is 13.4 Å². The third-order valence-electron chi connectivity index (χ3n) is 5.11. The van der Waals surface area contributed by atoms with Crippen molar-refractivity contribution in [1.82, 2.24) is 14.3 Å². The van der Waals surface area contributed by atoms with Gasteiger partial charge in [0.15, 0.2) is 0 Å². The zero-order chi connectivity index (χ0) is 22.9. The lowest BCUT2D eigenvalue weighted by molar-refractivity contribution is -0.115. The molecular weight excluding hydrogens is 450 g/mol. The summed E-state index contributed by atoms with van der Waals surface area (Å²) in [6.07, 6.45) is 3.07. The monoisotopic (exact) mass is 473 g/mol. The Balaban J connectivity index is 1.63. The largest absolute Gasteiger partial charge is 0.497 e. The Morgan fingerprint density at radius 2 is 2.06 bits per heavy atom. The smallest absolute Gasteiger partial charge is 0.274 e. The Morgan fingerprint density at radius 3 is 2.78 bits per heavy atom. The molecule has 0 saturated carbocycles. The molecule has 1 unspecified atom stereocenters. The number of methoxy groups -OCH3 is 1. The highest BCUT2D eigenvalue weighted by molar-refractivity contribution is 8.04. The molecular formula is C22H23N3O5S2. The molecule has 2 heterocycles. The first kappa shape index (κ1) is 22.2. The van der Waals surface area contributed by atoms with E-state index in [-0.39, 0.29) is 16.9 Å². The molecule has 1 amide bonds. The van der Waals surface area contributed by atoms with E-state index in [1.807, 2.05) is 54.0 Å². The fourth-order valence-corrected chi connectivity index (χ4v) is 5.19. The van der Waals surface area contributed by atoms with E-state index in [4.69, 9.17) is 9.47 Å². The van der Waals surface area contributed by atoms with Gasteiger partial charge in [0.05, 0.1) is 36.1 Å². The highest BCUT2D eigenvalue weighted by Gasteiger charge is 2.34. The van der Waals surface area contributed by atoms with Gasteiger partial charge in [-0.25, -0.2) is 18.1 Å². The zero-order valence-electron chi connectivity index (χ0n) is 17.9. The average Bonchev–Trinajstić information content (AvgIpc) is 3.35. The molecule has 1 aromatic heterocycles. The predicted molar refractivity (Wildman–Crippen MR) is 124 cm³/mol. The number of imidazole rings is 1. The Kier molecular flexibility index (Phi) is 6.16. The number of fused-ring (bicyclic) bond motifs is 1. The van der Waals surface area contributed by atoms with Gasteiger partial charge in [0.2, 0.25) is 10.0 Å². The number of carbonyl (C=O) groups excluding carboxylic acids is 1. The molecule has 0 fully saturated rings. The molecule has 0 spiro atoms. The first-order valence-electron chi connectivity index (χ1n) is 9.85. The molecule has 0 bridgehead atoms. The van der Waals surface area contributed by atoms with Crippen molar-refractivity contribution >= 4 is 38.7 Å². The third-order valence-corrected chi connectivity index (χ3v) is 6.98. The van der Waals surface area contributed by atoms with Gasteiger partial charge in [0.25, 0.3) is 5.91 Å². The van der Waals surface area contributed by atoms with Gasteiger partial charge < -0.3 is 14.0 Å². The molecule has 0 saturated heterocycles. The topological polar surface area (TPSA) is 99.5 Å². The van der Waals surface area contributed by atoms with E-state index >= 15 is 0 Å². The molecule has 4 rings (SSSR count). The van der Waals surface area contributed by atoms with Crippen molar-refractivity contribution < 1.29 is 22.7 Å². The highest BCUT2D eigenvalue weighted by Crippen LogP contribution is 2.46. The number of nitrogens with one attached hydrogen (secondary N) is 1. The number of aryl methyl sites for hydroxylation is 1. The number of nitrogens with zero attached hydrogens (tertiary/aromatic N) is 2. The number of ether oxygens (including phenoxy) is 2. The standard InChI is InChI=1S/C22H23N3O5S2/c1-14-6-4-5-7-15(14)12-30-19-11-20(31-21(19)22(26)24-32(3,27)28)25-13-23-17-9-8-16(29-2)10-18(17)25/h4-10,13,20H,11-12H2,1-3H3,(H,24,26). The van der Waals surface area contributed by atoms with Gasteiger partial charge in [-0.2, -0.15) is 0 Å². The maximum Gasteiger partial charge on any atom is 0.274 e. The van der Waals surface area contributed by atoms with Gasteiger partial charge in [-0.05, 0) is 30.2 Å². The zero-order valence-corrected chi connectivity index (χ0v) is 19.5. The van der Waals surface area contributed by atoms with Gasteiger partial charge in [0.1, 0.15) is 23.0 Å². The van der Waals surface area contributed by atoms with Crippen LogP contribution in [-0.2, 0) is 26.2 Å². The molecule has 3 aromatic rings. The van der Waals surface area contributed by atoms with Crippen LogP contribution in [0.15, 0.2) is 59.5 Å². The van der Waals surface area contributed by atoms with Crippen LogP contribution in [-0.4, -0.2) is 37.2 Å². The molecule has 1 N–H and O–H groups in total. The summed E-state index contributed by atoms with van der Waals surface area (Å²) in [5.41, 5.74) is 3.71. The van der Waals surface area contributed by atoms with E-state index < -0.39 is 15.9 Å². The minimum Gasteiger partial charge on any atom is -0.497 e. The van der Waals surface area contributed by atoms with E-state index in [0.29, 0.717) is 17.9 Å². The number of amides is 1. The Morgan fingerprint density at radius 1 is 1.28 bits per heavy atom. The van der Waals surface area contributed by atoms with Crippen LogP contribution in [0.1, 0.15) is 22.9 Å². The number of sulfonamides is 1. The molecule has 2 aromatic carbocycles. The van der Waals surface area contributed by atoms with Crippen LogP contribution in [0.25, 0.3) is 11.0 Å². The number of aromatic nitrogens is 2. The van der Waals surface area contributed by atoms with Crippen LogP contribution >= 0.6 is 11.8 Å². The maximum absolute atomic E-state index is 12.7. The van der Waals surface area contributed by atoms with Gasteiger partial charge >= 0.3 is 0 Å². The molecule has 0 aliphatic carbocycles. The molecule has 8 nitrogen and oxygen atoms in total. The summed E-state index contributed by atoms with van der Waals surface area (Å²) >= 11 is 1.25. The summed E-state index contributed by atoms with van der Waals surface area (Å²) in [5, 5.41) is -0.223. The summed E-state index contributed by atoms with van der Waals surface area (Å²) in [6, 6.07) is 13.4. The van der Waals surface area contributed by atoms with Crippen LogP contribution in [0, 0.1) is 6.92 Å². The number of carbonyl (C=O) groups is 1. The van der Waals surface area contributed by atoms with Crippen molar-refractivity contribution in [2.75, 3.05) is 13.4 Å². The molecule has 1 aliphatic heterocycles. The second kappa shape index (κ2) is 8.87. The first-order chi connectivity index (χ1) is 15.2. The number of thioether (sulfide) groups is 1. The maximum atomic E-state index is 12.7. The predicted octanol–water partition coefficient (Wildman–Crippen LogP) is 3.49. The van der Waals surface area contributed by atoms with Crippen molar-refractivity contribution in [2.24, 2.45) is 0 Å². The van der Waals surface area contributed by atoms with Crippen LogP contribution < -0.4 is 9.46 Å². The summed E-state index contributed by atoms with van der Waals surface area (Å²) < 4.78 is 38.7. The SMILES string of the molecule is COc1ccc2ncn(C3CC(OCc4ccccc4C)=C(C(=O)NS(C)(=O)=O)S3)c2c1. The molecule has 10 heteroatoms. The van der Waals surface area contributed by atoms with Gasteiger partial charge in [0, 0.05) is 12.5 Å². The Bertz CT molecular complexity index is 1310. The fourth-order valence-electron chi connectivity index (χ4n) is 3.47. The van der Waals surface area contributed by atoms with Crippen molar-refractivity contribution in [3.63, 3.8) is 0 Å². The quantitative estimate of drug-likeness (QED) is 0.561. The van der Waals surface area contributed by atoms with E-state index in [1.165, 1.54) is 11.8 Å². The van der Waals surface area contributed by atoms with E-state index in [0.717, 1.165) is 28.4 Å². The van der Waals surface area contributed by atoms with Crippen LogP contribution in [0.4, 0.5) is 0 Å². The Labute approximate surface area is 190 Å². The molecule has 32 heavy (non-hydrogen) atoms. The van der Waals surface area contributed by atoms with E-state index in [9.17, 15) is 13.2 Å². The van der Waals surface area contributed by atoms with Gasteiger partial charge in [-0.1, -0.05) is 36.0 Å². The summed E-state index contributed by atoms with van der Waals surface area (Å²) in [5.74, 6) is 0.456. The van der Waals surface area contributed by atoms with Crippen molar-refractivity contribution in [3.05, 3.63) is 70.6 Å². The second-order valence-corrected chi connectivity index (χ2v) is 10.4. The number of hydrogen-bond donors (Lipinski definition) is 1. The van der Waals surface area contributed by atoms with Crippen LogP contribution in [0.5, 0.6) is 5.75 Å². The average molecular weight is 474 g/mol. The van der Waals surface area contributed by atoms with Crippen molar-refractivity contribution in [1.29, 1.82) is 0 Å². The fraction of sp³-hybridized carbons (Fsp3) is 0.273. The lowest BCUT2D eigenvalue weighted by Crippen LogP contribution is -2.30. The number of rotatable bonds is 7. The minimum absolute atomic E-state index is 0.223. The number of benzene rings is 2. The van der Waals surface area contributed by atoms with Crippen molar-refractivity contribution in [3.8, 4) is 5.75 Å². The lowest BCUT2D eigenvalue weighted by Gasteiger charge is -2.14. The molecule has 1 atom stereocenters.